The molecule has 106 valence electrons. The van der Waals surface area contributed by atoms with Crippen molar-refractivity contribution < 1.29 is 14.3 Å². The molecule has 0 heterocycles. The van der Waals surface area contributed by atoms with Gasteiger partial charge in [0.1, 0.15) is 0 Å². The molecule has 0 spiro atoms. The molecule has 0 radical (unpaired) electrons. The first-order valence-corrected chi connectivity index (χ1v) is 6.50. The van der Waals surface area contributed by atoms with Crippen LogP contribution in [0.1, 0.15) is 47.0 Å². The highest BCUT2D eigenvalue weighted by atomic mass is 16.5. The Bertz CT molecular complexity index is 259. The van der Waals surface area contributed by atoms with E-state index in [1.807, 2.05) is 27.7 Å². The predicted molar refractivity (Wildman–Crippen MR) is 71.2 cm³/mol. The fourth-order valence-electron chi connectivity index (χ4n) is 1.31. The van der Waals surface area contributed by atoms with Gasteiger partial charge in [-0.15, -0.1) is 0 Å². The summed E-state index contributed by atoms with van der Waals surface area (Å²) < 4.78 is 5.23. The maximum Gasteiger partial charge on any atom is 0.220 e. The van der Waals surface area contributed by atoms with Gasteiger partial charge in [0.2, 0.25) is 11.8 Å². The second kappa shape index (κ2) is 8.91. The third-order valence-corrected chi connectivity index (χ3v) is 2.01. The average Bonchev–Trinajstić information content (AvgIpc) is 2.24. The molecule has 0 aliphatic heterocycles. The molecule has 0 atom stereocenters. The molecule has 5 nitrogen and oxygen atoms in total. The Balaban J connectivity index is 3.55. The van der Waals surface area contributed by atoms with Crippen molar-refractivity contribution in [3.63, 3.8) is 0 Å². The van der Waals surface area contributed by atoms with E-state index in [0.717, 1.165) is 6.42 Å². The summed E-state index contributed by atoms with van der Waals surface area (Å²) in [4.78, 5) is 22.9. The molecule has 18 heavy (non-hydrogen) atoms. The molecule has 0 aromatic carbocycles. The van der Waals surface area contributed by atoms with Gasteiger partial charge in [-0.05, 0) is 27.2 Å². The number of hydrogen-bond acceptors (Lipinski definition) is 3. The van der Waals surface area contributed by atoms with Gasteiger partial charge in [0.15, 0.2) is 0 Å². The van der Waals surface area contributed by atoms with Crippen LogP contribution in [0.25, 0.3) is 0 Å². The molecule has 0 rings (SSSR count). The van der Waals surface area contributed by atoms with Crippen molar-refractivity contribution in [1.82, 2.24) is 10.6 Å². The lowest BCUT2D eigenvalue weighted by molar-refractivity contribution is -0.127. The van der Waals surface area contributed by atoms with Crippen LogP contribution in [0.4, 0.5) is 0 Å². The average molecular weight is 258 g/mol. The third-order valence-electron chi connectivity index (χ3n) is 2.01. The van der Waals surface area contributed by atoms with Crippen LogP contribution in [0.2, 0.25) is 0 Å². The molecule has 0 aliphatic rings. The van der Waals surface area contributed by atoms with Crippen molar-refractivity contribution >= 4 is 11.8 Å². The molecule has 0 saturated heterocycles. The van der Waals surface area contributed by atoms with Gasteiger partial charge < -0.3 is 15.4 Å². The van der Waals surface area contributed by atoms with E-state index in [1.54, 1.807) is 0 Å². The molecule has 0 aromatic rings. The van der Waals surface area contributed by atoms with Gasteiger partial charge in [-0.25, -0.2) is 0 Å². The minimum absolute atomic E-state index is 0.0973. The Hall–Kier alpha value is -1.10. The minimum Gasteiger partial charge on any atom is -0.380 e. The van der Waals surface area contributed by atoms with E-state index in [2.05, 4.69) is 10.6 Å². The normalized spacial score (nSPS) is 11.1. The van der Waals surface area contributed by atoms with Crippen LogP contribution >= 0.6 is 0 Å². The van der Waals surface area contributed by atoms with Crippen molar-refractivity contribution in [1.29, 1.82) is 0 Å². The van der Waals surface area contributed by atoms with Crippen LogP contribution in [0, 0.1) is 0 Å². The fourth-order valence-corrected chi connectivity index (χ4v) is 1.31. The maximum absolute atomic E-state index is 11.5. The Labute approximate surface area is 110 Å². The first-order valence-electron chi connectivity index (χ1n) is 6.50. The molecule has 0 unspecified atom stereocenters. The Morgan fingerprint density at radius 1 is 1.06 bits per heavy atom. The van der Waals surface area contributed by atoms with Crippen LogP contribution in [-0.2, 0) is 14.3 Å². The van der Waals surface area contributed by atoms with E-state index >= 15 is 0 Å². The number of amides is 2. The summed E-state index contributed by atoms with van der Waals surface area (Å²) in [7, 11) is 0. The molecular weight excluding hydrogens is 232 g/mol. The van der Waals surface area contributed by atoms with Crippen molar-refractivity contribution in [3.05, 3.63) is 0 Å². The molecule has 0 saturated carbocycles. The summed E-state index contributed by atoms with van der Waals surface area (Å²) in [6, 6.07) is 0. The zero-order valence-electron chi connectivity index (χ0n) is 12.0. The molecule has 2 amide bonds. The second-order valence-electron chi connectivity index (χ2n) is 5.26. The Morgan fingerprint density at radius 2 is 1.67 bits per heavy atom. The topological polar surface area (TPSA) is 67.4 Å². The number of hydrogen-bond donors (Lipinski definition) is 2. The van der Waals surface area contributed by atoms with Crippen LogP contribution in [0.15, 0.2) is 0 Å². The zero-order chi connectivity index (χ0) is 14.0. The molecule has 0 aromatic heterocycles. The number of rotatable bonds is 8. The van der Waals surface area contributed by atoms with E-state index in [4.69, 9.17) is 4.74 Å². The SMILES string of the molecule is CCCOCCNC(=O)CCC(=O)NC(C)(C)C. The molecule has 0 bridgehead atoms. The van der Waals surface area contributed by atoms with Gasteiger partial charge in [-0.1, -0.05) is 6.92 Å². The quantitative estimate of drug-likeness (QED) is 0.643. The van der Waals surface area contributed by atoms with Crippen LogP contribution in [0.5, 0.6) is 0 Å². The Morgan fingerprint density at radius 3 is 2.22 bits per heavy atom. The van der Waals surface area contributed by atoms with Gasteiger partial charge in [0, 0.05) is 31.5 Å². The molecule has 0 fully saturated rings. The van der Waals surface area contributed by atoms with E-state index in [0.29, 0.717) is 19.8 Å². The number of carbonyl (C=O) groups excluding carboxylic acids is 2. The van der Waals surface area contributed by atoms with Gasteiger partial charge in [-0.3, -0.25) is 9.59 Å². The van der Waals surface area contributed by atoms with Crippen LogP contribution < -0.4 is 10.6 Å². The summed E-state index contributed by atoms with van der Waals surface area (Å²) in [5.41, 5.74) is -0.248. The number of nitrogens with one attached hydrogen (secondary N) is 2. The monoisotopic (exact) mass is 258 g/mol. The van der Waals surface area contributed by atoms with Crippen molar-refractivity contribution in [3.8, 4) is 0 Å². The standard InChI is InChI=1S/C13H26N2O3/c1-5-9-18-10-8-14-11(16)6-7-12(17)15-13(2,3)4/h5-10H2,1-4H3,(H,14,16)(H,15,17). The van der Waals surface area contributed by atoms with Gasteiger partial charge >= 0.3 is 0 Å². The van der Waals surface area contributed by atoms with E-state index < -0.39 is 0 Å². The highest BCUT2D eigenvalue weighted by Crippen LogP contribution is 2.00. The molecule has 5 heteroatoms. The summed E-state index contributed by atoms with van der Waals surface area (Å²) in [5.74, 6) is -0.209. The van der Waals surface area contributed by atoms with Gasteiger partial charge in [-0.2, -0.15) is 0 Å². The van der Waals surface area contributed by atoms with Crippen molar-refractivity contribution in [2.75, 3.05) is 19.8 Å². The molecular formula is C13H26N2O3. The summed E-state index contributed by atoms with van der Waals surface area (Å²) >= 11 is 0. The van der Waals surface area contributed by atoms with Gasteiger partial charge in [0.05, 0.1) is 6.61 Å². The minimum atomic E-state index is -0.248. The largest absolute Gasteiger partial charge is 0.380 e. The fraction of sp³-hybridized carbons (Fsp3) is 0.846. The van der Waals surface area contributed by atoms with Crippen molar-refractivity contribution in [2.24, 2.45) is 0 Å². The number of ether oxygens (including phenoxy) is 1. The zero-order valence-corrected chi connectivity index (χ0v) is 12.0. The second-order valence-corrected chi connectivity index (χ2v) is 5.26. The molecule has 0 aliphatic carbocycles. The summed E-state index contributed by atoms with van der Waals surface area (Å²) in [6.07, 6.45) is 1.41. The van der Waals surface area contributed by atoms with Crippen LogP contribution in [0.3, 0.4) is 0 Å². The highest BCUT2D eigenvalue weighted by Gasteiger charge is 2.14. The summed E-state index contributed by atoms with van der Waals surface area (Å²) in [5, 5.41) is 5.53. The third kappa shape index (κ3) is 11.4. The lowest BCUT2D eigenvalue weighted by Crippen LogP contribution is -2.41. The van der Waals surface area contributed by atoms with Crippen LogP contribution in [-0.4, -0.2) is 37.1 Å². The van der Waals surface area contributed by atoms with Gasteiger partial charge in [0.25, 0.3) is 0 Å². The lowest BCUT2D eigenvalue weighted by atomic mass is 10.1. The summed E-state index contributed by atoms with van der Waals surface area (Å²) in [6.45, 7) is 9.51. The molecule has 2 N–H and O–H groups in total. The van der Waals surface area contributed by atoms with Crippen molar-refractivity contribution in [2.45, 2.75) is 52.5 Å². The number of carbonyl (C=O) groups is 2. The Kier molecular flexibility index (Phi) is 8.37. The smallest absolute Gasteiger partial charge is 0.220 e. The maximum atomic E-state index is 11.5. The highest BCUT2D eigenvalue weighted by molar-refractivity contribution is 5.83. The first-order chi connectivity index (χ1) is 8.35. The van der Waals surface area contributed by atoms with E-state index in [1.165, 1.54) is 0 Å². The van der Waals surface area contributed by atoms with E-state index in [9.17, 15) is 9.59 Å². The lowest BCUT2D eigenvalue weighted by Gasteiger charge is -2.20. The predicted octanol–water partition coefficient (Wildman–Crippen LogP) is 1.22. The van der Waals surface area contributed by atoms with E-state index in [-0.39, 0.29) is 30.2 Å². The first kappa shape index (κ1) is 16.9.